The van der Waals surface area contributed by atoms with Crippen LogP contribution in [0.5, 0.6) is 0 Å². The Hall–Kier alpha value is -1.32. The van der Waals surface area contributed by atoms with Crippen LogP contribution in [0.4, 0.5) is 0 Å². The topological polar surface area (TPSA) is 30.0 Å². The van der Waals surface area contributed by atoms with E-state index in [9.17, 15) is 4.79 Å². The van der Waals surface area contributed by atoms with Crippen molar-refractivity contribution in [3.8, 4) is 0 Å². The van der Waals surface area contributed by atoms with Gasteiger partial charge in [0.25, 0.3) is 0 Å². The summed E-state index contributed by atoms with van der Waals surface area (Å²) in [4.78, 5) is 16.7. The maximum atomic E-state index is 10.9. The molecule has 0 saturated carbocycles. The standard InChI is InChI=1S/C12H8ClNOS/c13-11-6-14-7-12(10(11)8-15)16-9-4-2-1-3-5-9/h1-8H. The van der Waals surface area contributed by atoms with Crippen LogP contribution in [0, 0.1) is 0 Å². The quantitative estimate of drug-likeness (QED) is 0.777. The molecule has 1 heterocycles. The average Bonchev–Trinajstić information content (AvgIpc) is 2.31. The third-order valence-corrected chi connectivity index (χ3v) is 3.35. The number of nitrogens with zero attached hydrogens (tertiary/aromatic N) is 1. The van der Waals surface area contributed by atoms with E-state index in [2.05, 4.69) is 4.98 Å². The van der Waals surface area contributed by atoms with Gasteiger partial charge in [0.15, 0.2) is 6.29 Å². The van der Waals surface area contributed by atoms with Gasteiger partial charge in [-0.25, -0.2) is 0 Å². The van der Waals surface area contributed by atoms with Gasteiger partial charge in [-0.15, -0.1) is 0 Å². The number of aldehydes is 1. The fraction of sp³-hybridized carbons (Fsp3) is 0. The van der Waals surface area contributed by atoms with Crippen molar-refractivity contribution in [2.45, 2.75) is 9.79 Å². The van der Waals surface area contributed by atoms with Crippen molar-refractivity contribution < 1.29 is 4.79 Å². The highest BCUT2D eigenvalue weighted by atomic mass is 35.5. The molecule has 80 valence electrons. The SMILES string of the molecule is O=Cc1c(Cl)cncc1Sc1ccccc1. The van der Waals surface area contributed by atoms with E-state index < -0.39 is 0 Å². The normalized spacial score (nSPS) is 10.1. The first-order valence-corrected chi connectivity index (χ1v) is 5.82. The van der Waals surface area contributed by atoms with Crippen molar-refractivity contribution >= 4 is 29.6 Å². The minimum Gasteiger partial charge on any atom is -0.298 e. The molecule has 16 heavy (non-hydrogen) atoms. The minimum absolute atomic E-state index is 0.385. The summed E-state index contributed by atoms with van der Waals surface area (Å²) in [6.07, 6.45) is 3.88. The first kappa shape index (κ1) is 11.2. The molecule has 2 aromatic rings. The van der Waals surface area contributed by atoms with Gasteiger partial charge in [0.05, 0.1) is 5.02 Å². The van der Waals surface area contributed by atoms with Crippen LogP contribution in [0.15, 0.2) is 52.5 Å². The van der Waals surface area contributed by atoms with Crippen LogP contribution in [0.25, 0.3) is 0 Å². The smallest absolute Gasteiger partial charge is 0.152 e. The maximum absolute atomic E-state index is 10.9. The second-order valence-corrected chi connectivity index (χ2v) is 4.59. The van der Waals surface area contributed by atoms with Gasteiger partial charge >= 0.3 is 0 Å². The highest BCUT2D eigenvalue weighted by Crippen LogP contribution is 2.31. The molecule has 2 nitrogen and oxygen atoms in total. The van der Waals surface area contributed by atoms with Crippen molar-refractivity contribution in [1.29, 1.82) is 0 Å². The molecular formula is C12H8ClNOS. The number of hydrogen-bond acceptors (Lipinski definition) is 3. The molecule has 0 aliphatic rings. The Kier molecular flexibility index (Phi) is 3.59. The van der Waals surface area contributed by atoms with Crippen LogP contribution < -0.4 is 0 Å². The number of halogens is 1. The van der Waals surface area contributed by atoms with Gasteiger partial charge in [0.1, 0.15) is 0 Å². The van der Waals surface area contributed by atoms with E-state index in [0.717, 1.165) is 16.1 Å². The molecule has 0 N–H and O–H groups in total. The number of rotatable bonds is 3. The average molecular weight is 250 g/mol. The fourth-order valence-electron chi connectivity index (χ4n) is 1.24. The summed E-state index contributed by atoms with van der Waals surface area (Å²) in [5.41, 5.74) is 0.491. The zero-order valence-corrected chi connectivity index (χ0v) is 9.83. The lowest BCUT2D eigenvalue weighted by atomic mass is 10.3. The molecule has 0 saturated heterocycles. The predicted octanol–water partition coefficient (Wildman–Crippen LogP) is 3.70. The molecule has 0 radical (unpaired) electrons. The molecular weight excluding hydrogens is 242 g/mol. The lowest BCUT2D eigenvalue weighted by molar-refractivity contribution is 0.112. The summed E-state index contributed by atoms with van der Waals surface area (Å²) in [7, 11) is 0. The number of hydrogen-bond donors (Lipinski definition) is 0. The third-order valence-electron chi connectivity index (χ3n) is 1.99. The maximum Gasteiger partial charge on any atom is 0.152 e. The summed E-state index contributed by atoms with van der Waals surface area (Å²) in [5.74, 6) is 0. The minimum atomic E-state index is 0.385. The van der Waals surface area contributed by atoms with E-state index in [1.54, 1.807) is 6.20 Å². The third kappa shape index (κ3) is 2.43. The molecule has 0 unspecified atom stereocenters. The van der Waals surface area contributed by atoms with Crippen molar-refractivity contribution in [3.63, 3.8) is 0 Å². The van der Waals surface area contributed by atoms with Gasteiger partial charge in [-0.2, -0.15) is 0 Å². The monoisotopic (exact) mass is 249 g/mol. The molecule has 1 aromatic carbocycles. The lowest BCUT2D eigenvalue weighted by Gasteiger charge is -2.04. The summed E-state index contributed by atoms with van der Waals surface area (Å²) < 4.78 is 0. The second kappa shape index (κ2) is 5.14. The van der Waals surface area contributed by atoms with Crippen molar-refractivity contribution in [2.75, 3.05) is 0 Å². The Morgan fingerprint density at radius 3 is 2.62 bits per heavy atom. The van der Waals surface area contributed by atoms with Gasteiger partial charge in [0, 0.05) is 27.7 Å². The number of benzene rings is 1. The zero-order chi connectivity index (χ0) is 11.4. The van der Waals surface area contributed by atoms with Crippen LogP contribution in [0.2, 0.25) is 5.02 Å². The number of carbonyl (C=O) groups is 1. The van der Waals surface area contributed by atoms with Gasteiger partial charge < -0.3 is 0 Å². The van der Waals surface area contributed by atoms with Gasteiger partial charge in [-0.3, -0.25) is 9.78 Å². The van der Waals surface area contributed by atoms with E-state index in [1.807, 2.05) is 30.3 Å². The lowest BCUT2D eigenvalue weighted by Crippen LogP contribution is -1.88. The molecule has 4 heteroatoms. The zero-order valence-electron chi connectivity index (χ0n) is 8.26. The van der Waals surface area contributed by atoms with Crippen LogP contribution >= 0.6 is 23.4 Å². The molecule has 2 rings (SSSR count). The number of aromatic nitrogens is 1. The molecule has 0 aliphatic carbocycles. The van der Waals surface area contributed by atoms with Crippen LogP contribution in [-0.2, 0) is 0 Å². The first-order chi connectivity index (χ1) is 7.81. The molecule has 1 aromatic heterocycles. The number of carbonyl (C=O) groups excluding carboxylic acids is 1. The second-order valence-electron chi connectivity index (χ2n) is 3.07. The van der Waals surface area contributed by atoms with Crippen molar-refractivity contribution in [1.82, 2.24) is 4.98 Å². The van der Waals surface area contributed by atoms with Crippen molar-refractivity contribution in [3.05, 3.63) is 53.3 Å². The van der Waals surface area contributed by atoms with E-state index in [4.69, 9.17) is 11.6 Å². The van der Waals surface area contributed by atoms with E-state index in [-0.39, 0.29) is 0 Å². The van der Waals surface area contributed by atoms with Crippen LogP contribution in [0.1, 0.15) is 10.4 Å². The Balaban J connectivity index is 2.35. The Bertz CT molecular complexity index is 502. The molecule has 0 aliphatic heterocycles. The Labute approximate surface area is 103 Å². The molecule has 0 atom stereocenters. The molecule has 0 spiro atoms. The van der Waals surface area contributed by atoms with Gasteiger partial charge in [-0.05, 0) is 12.1 Å². The Morgan fingerprint density at radius 1 is 1.19 bits per heavy atom. The largest absolute Gasteiger partial charge is 0.298 e. The Morgan fingerprint density at radius 2 is 1.94 bits per heavy atom. The van der Waals surface area contributed by atoms with E-state index in [0.29, 0.717) is 10.6 Å². The van der Waals surface area contributed by atoms with Crippen LogP contribution in [0.3, 0.4) is 0 Å². The summed E-state index contributed by atoms with van der Waals surface area (Å²) in [6, 6.07) is 9.78. The van der Waals surface area contributed by atoms with Gasteiger partial charge in [-0.1, -0.05) is 41.6 Å². The highest BCUT2D eigenvalue weighted by Gasteiger charge is 2.07. The summed E-state index contributed by atoms with van der Waals surface area (Å²) in [6.45, 7) is 0. The highest BCUT2D eigenvalue weighted by molar-refractivity contribution is 7.99. The van der Waals surface area contributed by atoms with Crippen LogP contribution in [-0.4, -0.2) is 11.3 Å². The van der Waals surface area contributed by atoms with Crippen molar-refractivity contribution in [2.24, 2.45) is 0 Å². The van der Waals surface area contributed by atoms with Gasteiger partial charge in [0.2, 0.25) is 0 Å². The molecule has 0 fully saturated rings. The number of pyridine rings is 1. The van der Waals surface area contributed by atoms with E-state index >= 15 is 0 Å². The first-order valence-electron chi connectivity index (χ1n) is 4.63. The summed E-state index contributed by atoms with van der Waals surface area (Å²) in [5, 5.41) is 0.385. The summed E-state index contributed by atoms with van der Waals surface area (Å²) >= 11 is 7.36. The predicted molar refractivity (Wildman–Crippen MR) is 65.2 cm³/mol. The van der Waals surface area contributed by atoms with E-state index in [1.165, 1.54) is 18.0 Å². The fourth-order valence-corrected chi connectivity index (χ4v) is 2.43. The molecule has 0 bridgehead atoms. The molecule has 0 amide bonds.